The van der Waals surface area contributed by atoms with Crippen LogP contribution in [0.5, 0.6) is 0 Å². The molecule has 0 radical (unpaired) electrons. The maximum absolute atomic E-state index is 11.5. The third-order valence-electron chi connectivity index (χ3n) is 3.11. The summed E-state index contributed by atoms with van der Waals surface area (Å²) in [7, 11) is 0. The Labute approximate surface area is 114 Å². The molecule has 0 unspecified atom stereocenters. The Balaban J connectivity index is 2.29. The van der Waals surface area contributed by atoms with Crippen LogP contribution in [0, 0.1) is 11.8 Å². The number of carbonyl (C=O) groups is 1. The number of rotatable bonds is 3. The van der Waals surface area contributed by atoms with Crippen molar-refractivity contribution in [3.63, 3.8) is 0 Å². The summed E-state index contributed by atoms with van der Waals surface area (Å²) in [5, 5.41) is 2.88. The summed E-state index contributed by atoms with van der Waals surface area (Å²) in [4.78, 5) is 11.5. The molecular formula is C12H16INO3. The molecule has 1 aromatic rings. The molecule has 94 valence electrons. The van der Waals surface area contributed by atoms with Gasteiger partial charge in [-0.25, -0.2) is 4.79 Å². The van der Waals surface area contributed by atoms with Crippen LogP contribution in [0.3, 0.4) is 0 Å². The number of carbonyl (C=O) groups excluding carboxylic acids is 1. The van der Waals surface area contributed by atoms with E-state index in [4.69, 9.17) is 9.15 Å². The quantitative estimate of drug-likeness (QED) is 0.674. The first-order valence-corrected chi connectivity index (χ1v) is 7.22. The van der Waals surface area contributed by atoms with Crippen molar-refractivity contribution >= 4 is 28.7 Å². The van der Waals surface area contributed by atoms with Crippen molar-refractivity contribution < 1.29 is 13.9 Å². The van der Waals surface area contributed by atoms with Gasteiger partial charge in [-0.1, -0.05) is 36.4 Å². The molecule has 4 nitrogen and oxygen atoms in total. The lowest BCUT2D eigenvalue weighted by molar-refractivity contribution is -0.00999. The monoisotopic (exact) mass is 349 g/mol. The van der Waals surface area contributed by atoms with Gasteiger partial charge in [0.15, 0.2) is 6.10 Å². The molecule has 1 aliphatic heterocycles. The Kier molecular flexibility index (Phi) is 3.96. The lowest BCUT2D eigenvalue weighted by Gasteiger charge is -2.38. The van der Waals surface area contributed by atoms with E-state index >= 15 is 0 Å². The van der Waals surface area contributed by atoms with Crippen molar-refractivity contribution in [3.05, 3.63) is 24.2 Å². The molecule has 17 heavy (non-hydrogen) atoms. The van der Waals surface area contributed by atoms with E-state index < -0.39 is 0 Å². The summed E-state index contributed by atoms with van der Waals surface area (Å²) in [6.45, 7) is 4.28. The second kappa shape index (κ2) is 5.29. The SMILES string of the molecule is CC(C)[C@@H]1[C@@H](CI)NC(=O)O[C@H]1c1ccco1. The second-order valence-corrected chi connectivity index (χ2v) is 5.45. The second-order valence-electron chi connectivity index (χ2n) is 4.57. The van der Waals surface area contributed by atoms with Gasteiger partial charge in [-0.2, -0.15) is 0 Å². The number of furan rings is 1. The molecule has 0 aromatic carbocycles. The number of ether oxygens (including phenoxy) is 1. The van der Waals surface area contributed by atoms with E-state index in [0.29, 0.717) is 5.92 Å². The molecule has 2 heterocycles. The summed E-state index contributed by atoms with van der Waals surface area (Å²) in [6.07, 6.45) is 0.977. The molecule has 0 spiro atoms. The van der Waals surface area contributed by atoms with Gasteiger partial charge in [0.05, 0.1) is 6.26 Å². The van der Waals surface area contributed by atoms with Gasteiger partial charge < -0.3 is 14.5 Å². The number of alkyl halides is 1. The van der Waals surface area contributed by atoms with E-state index in [1.165, 1.54) is 0 Å². The van der Waals surface area contributed by atoms with Crippen LogP contribution >= 0.6 is 22.6 Å². The van der Waals surface area contributed by atoms with Crippen molar-refractivity contribution in [1.29, 1.82) is 0 Å². The molecule has 3 atom stereocenters. The Morgan fingerprint density at radius 1 is 1.53 bits per heavy atom. The summed E-state index contributed by atoms with van der Waals surface area (Å²) in [5.74, 6) is 1.37. The van der Waals surface area contributed by atoms with Gasteiger partial charge >= 0.3 is 6.09 Å². The summed E-state index contributed by atoms with van der Waals surface area (Å²) >= 11 is 2.29. The number of hydrogen-bond acceptors (Lipinski definition) is 3. The van der Waals surface area contributed by atoms with Crippen molar-refractivity contribution in [2.45, 2.75) is 26.0 Å². The lowest BCUT2D eigenvalue weighted by Crippen LogP contribution is -2.51. The Bertz CT molecular complexity index is 377. The predicted octanol–water partition coefficient (Wildman–Crippen LogP) is 3.14. The van der Waals surface area contributed by atoms with Gasteiger partial charge in [0, 0.05) is 16.4 Å². The number of alkyl carbamates (subject to hydrolysis) is 1. The highest BCUT2D eigenvalue weighted by atomic mass is 127. The van der Waals surface area contributed by atoms with E-state index in [9.17, 15) is 4.79 Å². The summed E-state index contributed by atoms with van der Waals surface area (Å²) in [5.41, 5.74) is 0. The van der Waals surface area contributed by atoms with Gasteiger partial charge in [-0.3, -0.25) is 0 Å². The normalized spacial score (nSPS) is 28.9. The van der Waals surface area contributed by atoms with Crippen LogP contribution in [0.4, 0.5) is 4.79 Å². The fraction of sp³-hybridized carbons (Fsp3) is 0.583. The standard InChI is InChI=1S/C12H16INO3/c1-7(2)10-8(6-13)14-12(15)17-11(10)9-4-3-5-16-9/h3-5,7-8,10-11H,6H2,1-2H3,(H,14,15)/t8-,10-,11+/m1/s1. The average Bonchev–Trinajstić information content (AvgIpc) is 2.80. The van der Waals surface area contributed by atoms with Crippen LogP contribution in [0.15, 0.2) is 22.8 Å². The summed E-state index contributed by atoms with van der Waals surface area (Å²) < 4.78 is 11.6. The molecule has 1 fully saturated rings. The summed E-state index contributed by atoms with van der Waals surface area (Å²) in [6, 6.07) is 3.82. The van der Waals surface area contributed by atoms with Crippen molar-refractivity contribution in [3.8, 4) is 0 Å². The molecule has 1 amide bonds. The van der Waals surface area contributed by atoms with Gasteiger partial charge in [0.25, 0.3) is 0 Å². The van der Waals surface area contributed by atoms with Crippen LogP contribution < -0.4 is 5.32 Å². The Morgan fingerprint density at radius 2 is 2.29 bits per heavy atom. The minimum Gasteiger partial charge on any atom is -0.465 e. The van der Waals surface area contributed by atoms with Gasteiger partial charge in [0.2, 0.25) is 0 Å². The molecule has 0 saturated carbocycles. The van der Waals surface area contributed by atoms with Gasteiger partial charge in [-0.15, -0.1) is 0 Å². The maximum Gasteiger partial charge on any atom is 0.408 e. The van der Waals surface area contributed by atoms with Crippen LogP contribution in [0.25, 0.3) is 0 Å². The zero-order valence-corrected chi connectivity index (χ0v) is 12.0. The van der Waals surface area contributed by atoms with Crippen molar-refractivity contribution in [2.75, 3.05) is 4.43 Å². The minimum absolute atomic E-state index is 0.131. The lowest BCUT2D eigenvalue weighted by atomic mass is 9.82. The number of amides is 1. The largest absolute Gasteiger partial charge is 0.465 e. The number of halogens is 1. The first-order chi connectivity index (χ1) is 8.13. The van der Waals surface area contributed by atoms with Crippen LogP contribution in [0.1, 0.15) is 25.7 Å². The van der Waals surface area contributed by atoms with Gasteiger partial charge in [-0.05, 0) is 18.1 Å². The molecule has 2 rings (SSSR count). The van der Waals surface area contributed by atoms with Crippen LogP contribution in [-0.2, 0) is 4.74 Å². The maximum atomic E-state index is 11.5. The average molecular weight is 349 g/mol. The topological polar surface area (TPSA) is 51.5 Å². The van der Waals surface area contributed by atoms with E-state index in [1.807, 2.05) is 12.1 Å². The molecule has 5 heteroatoms. The molecule has 0 bridgehead atoms. The van der Waals surface area contributed by atoms with Crippen LogP contribution in [0.2, 0.25) is 0 Å². The van der Waals surface area contributed by atoms with E-state index in [2.05, 4.69) is 41.8 Å². The molecule has 1 aliphatic rings. The predicted molar refractivity (Wildman–Crippen MR) is 72.1 cm³/mol. The van der Waals surface area contributed by atoms with E-state index in [-0.39, 0.29) is 24.2 Å². The third-order valence-corrected chi connectivity index (χ3v) is 4.06. The highest BCUT2D eigenvalue weighted by Crippen LogP contribution is 2.37. The highest BCUT2D eigenvalue weighted by Gasteiger charge is 2.41. The molecule has 0 aliphatic carbocycles. The fourth-order valence-electron chi connectivity index (χ4n) is 2.34. The van der Waals surface area contributed by atoms with E-state index in [1.54, 1.807) is 6.26 Å². The van der Waals surface area contributed by atoms with Gasteiger partial charge in [0.1, 0.15) is 5.76 Å². The van der Waals surface area contributed by atoms with Crippen molar-refractivity contribution in [1.82, 2.24) is 5.32 Å². The molecule has 1 aromatic heterocycles. The zero-order chi connectivity index (χ0) is 12.4. The fourth-order valence-corrected chi connectivity index (χ4v) is 3.15. The minimum atomic E-state index is -0.357. The van der Waals surface area contributed by atoms with Crippen LogP contribution in [-0.4, -0.2) is 16.6 Å². The number of cyclic esters (lactones) is 1. The first-order valence-electron chi connectivity index (χ1n) is 5.70. The highest BCUT2D eigenvalue weighted by molar-refractivity contribution is 14.1. The smallest absolute Gasteiger partial charge is 0.408 e. The Hall–Kier alpha value is -0.720. The number of nitrogens with one attached hydrogen (secondary N) is 1. The Morgan fingerprint density at radius 3 is 2.82 bits per heavy atom. The third kappa shape index (κ3) is 2.59. The van der Waals surface area contributed by atoms with Crippen molar-refractivity contribution in [2.24, 2.45) is 11.8 Å². The molecular weight excluding hydrogens is 333 g/mol. The van der Waals surface area contributed by atoms with E-state index in [0.717, 1.165) is 10.2 Å². The molecule has 1 N–H and O–H groups in total. The number of hydrogen-bond donors (Lipinski definition) is 1. The molecule has 1 saturated heterocycles. The zero-order valence-electron chi connectivity index (χ0n) is 9.85. The first kappa shape index (κ1) is 12.7.